The summed E-state index contributed by atoms with van der Waals surface area (Å²) in [5.74, 6) is 0.523. The smallest absolute Gasteiger partial charge is 0.314 e. The van der Waals surface area contributed by atoms with Crippen LogP contribution < -0.4 is 14.8 Å². The van der Waals surface area contributed by atoms with Crippen LogP contribution in [0.15, 0.2) is 55.1 Å². The summed E-state index contributed by atoms with van der Waals surface area (Å²) in [7, 11) is 0. The minimum atomic E-state index is -0.448. The normalized spacial score (nSPS) is 17.4. The Kier molecular flexibility index (Phi) is 10.3. The first-order valence-electron chi connectivity index (χ1n) is 12.6. The minimum Gasteiger partial charge on any atom is -0.492 e. The van der Waals surface area contributed by atoms with Crippen molar-refractivity contribution in [2.75, 3.05) is 13.2 Å². The number of benzene rings is 2. The van der Waals surface area contributed by atoms with Gasteiger partial charge in [-0.1, -0.05) is 51.3 Å². The zero-order valence-electron chi connectivity index (χ0n) is 20.6. The molecule has 0 spiro atoms. The predicted molar refractivity (Wildman–Crippen MR) is 136 cm³/mol. The molecule has 2 aromatic carbocycles. The number of unbranched alkanes of at least 4 members (excludes halogenated alkanes) is 2. The Bertz CT molecular complexity index is 981. The molecule has 6 heteroatoms. The van der Waals surface area contributed by atoms with E-state index in [-0.39, 0.29) is 23.5 Å². The van der Waals surface area contributed by atoms with Gasteiger partial charge < -0.3 is 14.8 Å². The minimum absolute atomic E-state index is 0.0993. The summed E-state index contributed by atoms with van der Waals surface area (Å²) in [5.41, 5.74) is 1.11. The predicted octanol–water partition coefficient (Wildman–Crippen LogP) is 6.47. The van der Waals surface area contributed by atoms with Crippen molar-refractivity contribution in [2.24, 2.45) is 11.8 Å². The van der Waals surface area contributed by atoms with Crippen molar-refractivity contribution < 1.29 is 23.5 Å². The van der Waals surface area contributed by atoms with Crippen molar-refractivity contribution >= 4 is 11.9 Å². The molecule has 1 saturated carbocycles. The lowest BCUT2D eigenvalue weighted by molar-refractivity contribution is -0.140. The van der Waals surface area contributed by atoms with Crippen molar-refractivity contribution in [1.29, 1.82) is 0 Å². The van der Waals surface area contributed by atoms with Gasteiger partial charge in [0.05, 0.1) is 12.5 Å². The lowest BCUT2D eigenvalue weighted by Crippen LogP contribution is -2.26. The summed E-state index contributed by atoms with van der Waals surface area (Å²) in [6.07, 6.45) is 10.1. The van der Waals surface area contributed by atoms with E-state index in [9.17, 15) is 14.0 Å². The molecule has 1 fully saturated rings. The Morgan fingerprint density at radius 2 is 1.77 bits per heavy atom. The van der Waals surface area contributed by atoms with Crippen LogP contribution in [0.3, 0.4) is 0 Å². The Hall–Kier alpha value is -3.15. The molecule has 2 aromatic rings. The van der Waals surface area contributed by atoms with Gasteiger partial charge in [-0.3, -0.25) is 9.59 Å². The summed E-state index contributed by atoms with van der Waals surface area (Å²) < 4.78 is 25.9. The maximum Gasteiger partial charge on any atom is 0.314 e. The molecule has 35 heavy (non-hydrogen) atoms. The first-order valence-corrected chi connectivity index (χ1v) is 12.6. The standard InChI is InChI=1S/C29H36FNO4/c1-3-5-6-7-21-8-10-23(11-9-21)29(33)35-25-16-17-26(27(30)20-25)22-12-14-24(15-13-22)34-19-18-31-28(32)4-2/h4,12-17,20-21,23H,2-3,5-11,18-19H2,1H3,(H,31,32). The summed E-state index contributed by atoms with van der Waals surface area (Å²) in [5, 5.41) is 2.63. The third-order valence-corrected chi connectivity index (χ3v) is 6.58. The quantitative estimate of drug-likeness (QED) is 0.163. The van der Waals surface area contributed by atoms with Gasteiger partial charge in [0.2, 0.25) is 5.91 Å². The maximum atomic E-state index is 14.8. The molecule has 0 bridgehead atoms. The van der Waals surface area contributed by atoms with Gasteiger partial charge in [-0.25, -0.2) is 4.39 Å². The average molecular weight is 482 g/mol. The number of hydrogen-bond donors (Lipinski definition) is 1. The number of halogens is 1. The summed E-state index contributed by atoms with van der Waals surface area (Å²) in [6, 6.07) is 11.6. The van der Waals surface area contributed by atoms with Crippen LogP contribution >= 0.6 is 0 Å². The number of carbonyl (C=O) groups is 2. The van der Waals surface area contributed by atoms with Crippen molar-refractivity contribution in [3.05, 3.63) is 60.9 Å². The maximum absolute atomic E-state index is 14.8. The van der Waals surface area contributed by atoms with Crippen LogP contribution in [0, 0.1) is 17.7 Å². The van der Waals surface area contributed by atoms with Crippen molar-refractivity contribution in [2.45, 2.75) is 58.3 Å². The molecule has 1 N–H and O–H groups in total. The lowest BCUT2D eigenvalue weighted by Gasteiger charge is -2.27. The van der Waals surface area contributed by atoms with Crippen molar-refractivity contribution in [3.63, 3.8) is 0 Å². The number of rotatable bonds is 12. The molecule has 0 heterocycles. The third-order valence-electron chi connectivity index (χ3n) is 6.58. The molecule has 0 radical (unpaired) electrons. The van der Waals surface area contributed by atoms with Crippen LogP contribution in [-0.2, 0) is 9.59 Å². The van der Waals surface area contributed by atoms with Gasteiger partial charge in [0, 0.05) is 11.6 Å². The average Bonchev–Trinajstić information content (AvgIpc) is 2.87. The highest BCUT2D eigenvalue weighted by Gasteiger charge is 2.27. The lowest BCUT2D eigenvalue weighted by atomic mass is 9.80. The molecule has 0 aromatic heterocycles. The molecule has 0 aliphatic heterocycles. The highest BCUT2D eigenvalue weighted by Crippen LogP contribution is 2.34. The fraction of sp³-hybridized carbons (Fsp3) is 0.448. The van der Waals surface area contributed by atoms with Gasteiger partial charge in [0.15, 0.2) is 0 Å². The highest BCUT2D eigenvalue weighted by atomic mass is 19.1. The molecule has 0 unspecified atom stereocenters. The van der Waals surface area contributed by atoms with Crippen LogP contribution in [0.1, 0.15) is 58.3 Å². The Morgan fingerprint density at radius 3 is 2.43 bits per heavy atom. The Morgan fingerprint density at radius 1 is 1.06 bits per heavy atom. The van der Waals surface area contributed by atoms with E-state index in [1.54, 1.807) is 36.4 Å². The second kappa shape index (κ2) is 13.7. The van der Waals surface area contributed by atoms with Gasteiger partial charge >= 0.3 is 5.97 Å². The number of esters is 1. The molecule has 5 nitrogen and oxygen atoms in total. The second-order valence-electron chi connectivity index (χ2n) is 9.14. The number of hydrogen-bond acceptors (Lipinski definition) is 4. The second-order valence-corrected chi connectivity index (χ2v) is 9.14. The molecular formula is C29H36FNO4. The zero-order valence-corrected chi connectivity index (χ0v) is 20.6. The van der Waals surface area contributed by atoms with E-state index < -0.39 is 5.82 Å². The van der Waals surface area contributed by atoms with E-state index in [2.05, 4.69) is 18.8 Å². The van der Waals surface area contributed by atoms with E-state index in [0.717, 1.165) is 31.6 Å². The Balaban J connectivity index is 1.49. The Labute approximate surface area is 207 Å². The SMILES string of the molecule is C=CC(=O)NCCOc1ccc(-c2ccc(OC(=O)C3CCC(CCCCC)CC3)cc2F)cc1. The number of ether oxygens (including phenoxy) is 2. The van der Waals surface area contributed by atoms with E-state index in [1.807, 2.05) is 0 Å². The van der Waals surface area contributed by atoms with Crippen LogP contribution in [0.2, 0.25) is 0 Å². The van der Waals surface area contributed by atoms with Crippen LogP contribution in [0.5, 0.6) is 11.5 Å². The summed E-state index contributed by atoms with van der Waals surface area (Å²) in [6.45, 7) is 6.28. The van der Waals surface area contributed by atoms with Crippen LogP contribution in [0.25, 0.3) is 11.1 Å². The van der Waals surface area contributed by atoms with E-state index in [1.165, 1.54) is 37.8 Å². The van der Waals surface area contributed by atoms with Gasteiger partial charge in [0.25, 0.3) is 0 Å². The van der Waals surface area contributed by atoms with Crippen molar-refractivity contribution in [3.8, 4) is 22.6 Å². The van der Waals surface area contributed by atoms with Gasteiger partial charge in [-0.15, -0.1) is 0 Å². The zero-order chi connectivity index (χ0) is 25.0. The number of nitrogens with one attached hydrogen (secondary N) is 1. The van der Waals surface area contributed by atoms with E-state index >= 15 is 0 Å². The molecule has 1 aliphatic carbocycles. The topological polar surface area (TPSA) is 64.6 Å². The molecule has 1 amide bonds. The first kappa shape index (κ1) is 26.5. The van der Waals surface area contributed by atoms with Gasteiger partial charge in [-0.2, -0.15) is 0 Å². The highest BCUT2D eigenvalue weighted by molar-refractivity contribution is 5.86. The molecule has 188 valence electrons. The molecular weight excluding hydrogens is 445 g/mol. The molecule has 3 rings (SSSR count). The van der Waals surface area contributed by atoms with E-state index in [4.69, 9.17) is 9.47 Å². The fourth-order valence-electron chi connectivity index (χ4n) is 4.51. The largest absolute Gasteiger partial charge is 0.492 e. The summed E-state index contributed by atoms with van der Waals surface area (Å²) in [4.78, 5) is 23.7. The molecule has 1 aliphatic rings. The monoisotopic (exact) mass is 481 g/mol. The van der Waals surface area contributed by atoms with Crippen LogP contribution in [-0.4, -0.2) is 25.0 Å². The van der Waals surface area contributed by atoms with Crippen LogP contribution in [0.4, 0.5) is 4.39 Å². The van der Waals surface area contributed by atoms with E-state index in [0.29, 0.717) is 30.0 Å². The fourth-order valence-corrected chi connectivity index (χ4v) is 4.51. The van der Waals surface area contributed by atoms with Gasteiger partial charge in [-0.05, 0) is 67.5 Å². The summed E-state index contributed by atoms with van der Waals surface area (Å²) >= 11 is 0. The first-order chi connectivity index (χ1) is 17.0. The van der Waals surface area contributed by atoms with Gasteiger partial charge in [0.1, 0.15) is 23.9 Å². The number of amides is 1. The number of carbonyl (C=O) groups excluding carboxylic acids is 2. The molecule has 0 saturated heterocycles. The third kappa shape index (κ3) is 8.23. The molecule has 0 atom stereocenters. The van der Waals surface area contributed by atoms with Crippen molar-refractivity contribution in [1.82, 2.24) is 5.32 Å².